The average molecular weight is 487 g/mol. The summed E-state index contributed by atoms with van der Waals surface area (Å²) >= 11 is 0. The Balaban J connectivity index is 1.75. The first kappa shape index (κ1) is 27.0. The summed E-state index contributed by atoms with van der Waals surface area (Å²) in [5.41, 5.74) is 3.55. The summed E-state index contributed by atoms with van der Waals surface area (Å²) in [6, 6.07) is 19.8. The third-order valence-corrected chi connectivity index (χ3v) is 6.35. The van der Waals surface area contributed by atoms with Gasteiger partial charge in [0, 0.05) is 25.4 Å². The van der Waals surface area contributed by atoms with Gasteiger partial charge in [-0.15, -0.1) is 0 Å². The van der Waals surface area contributed by atoms with Gasteiger partial charge in [0.1, 0.15) is 0 Å². The van der Waals surface area contributed by atoms with Crippen molar-refractivity contribution >= 4 is 39.6 Å². The fourth-order valence-corrected chi connectivity index (χ4v) is 4.22. The maximum absolute atomic E-state index is 12.9. The zero-order valence-corrected chi connectivity index (χ0v) is 22.0. The van der Waals surface area contributed by atoms with Gasteiger partial charge in [-0.3, -0.25) is 4.79 Å². The minimum atomic E-state index is -0.443. The average Bonchev–Trinajstić information content (AvgIpc) is 2.88. The molecule has 1 N–H and O–H groups in total. The van der Waals surface area contributed by atoms with E-state index in [0.717, 1.165) is 40.6 Å². The molecule has 0 bridgehead atoms. The lowest BCUT2D eigenvalue weighted by Crippen LogP contribution is -2.20. The molecule has 0 aliphatic heterocycles. The minimum absolute atomic E-state index is 0.269. The second-order valence-electron chi connectivity index (χ2n) is 9.16. The van der Waals surface area contributed by atoms with E-state index in [1.165, 1.54) is 25.7 Å². The number of amides is 1. The molecule has 3 aromatic rings. The molecular weight excluding hydrogens is 448 g/mol. The third-order valence-electron chi connectivity index (χ3n) is 6.35. The highest BCUT2D eigenvalue weighted by Crippen LogP contribution is 2.25. The van der Waals surface area contributed by atoms with Gasteiger partial charge in [-0.2, -0.15) is 0 Å². The van der Waals surface area contributed by atoms with Crippen LogP contribution in [0.1, 0.15) is 68.8 Å². The molecule has 5 nitrogen and oxygen atoms in total. The summed E-state index contributed by atoms with van der Waals surface area (Å²) in [5.74, 6) is -0.732. The number of fused-ring (bicyclic) bond motifs is 1. The van der Waals surface area contributed by atoms with E-state index in [4.69, 9.17) is 4.74 Å². The van der Waals surface area contributed by atoms with Crippen LogP contribution in [0.15, 0.2) is 66.7 Å². The SMILES string of the molecule is CCCCCCCN(C)c1ccc(NC(=O)C=C(C)c2ccc3ccccc3c2)c(C(=O)OCC)c1. The van der Waals surface area contributed by atoms with Crippen molar-refractivity contribution in [1.29, 1.82) is 0 Å². The van der Waals surface area contributed by atoms with E-state index in [2.05, 4.69) is 41.4 Å². The molecule has 3 aromatic carbocycles. The molecule has 1 amide bonds. The lowest BCUT2D eigenvalue weighted by Gasteiger charge is -2.21. The van der Waals surface area contributed by atoms with Gasteiger partial charge in [0.15, 0.2) is 0 Å². The molecule has 0 saturated carbocycles. The van der Waals surface area contributed by atoms with Crippen molar-refractivity contribution < 1.29 is 14.3 Å². The lowest BCUT2D eigenvalue weighted by atomic mass is 10.0. The zero-order valence-electron chi connectivity index (χ0n) is 22.0. The van der Waals surface area contributed by atoms with Gasteiger partial charge in [-0.05, 0) is 66.4 Å². The minimum Gasteiger partial charge on any atom is -0.462 e. The number of carbonyl (C=O) groups excluding carboxylic acids is 2. The van der Waals surface area contributed by atoms with E-state index in [9.17, 15) is 9.59 Å². The van der Waals surface area contributed by atoms with Crippen LogP contribution in [0.4, 0.5) is 11.4 Å². The number of nitrogens with zero attached hydrogens (tertiary/aromatic N) is 1. The first-order chi connectivity index (χ1) is 17.4. The van der Waals surface area contributed by atoms with Crippen LogP contribution in [0.25, 0.3) is 16.3 Å². The van der Waals surface area contributed by atoms with Crippen molar-refractivity contribution in [3.63, 3.8) is 0 Å². The van der Waals surface area contributed by atoms with Gasteiger partial charge in [0.25, 0.3) is 0 Å². The molecule has 0 saturated heterocycles. The summed E-state index contributed by atoms with van der Waals surface area (Å²) in [5, 5.41) is 5.16. The number of benzene rings is 3. The van der Waals surface area contributed by atoms with E-state index in [1.807, 2.05) is 38.2 Å². The molecule has 3 rings (SSSR count). The van der Waals surface area contributed by atoms with E-state index in [0.29, 0.717) is 11.3 Å². The van der Waals surface area contributed by atoms with Crippen LogP contribution in [0, 0.1) is 0 Å². The molecule has 0 aromatic heterocycles. The number of carbonyl (C=O) groups is 2. The van der Waals surface area contributed by atoms with Crippen LogP contribution in [-0.2, 0) is 9.53 Å². The highest BCUT2D eigenvalue weighted by Gasteiger charge is 2.16. The number of anilines is 2. The maximum atomic E-state index is 12.9. The van der Waals surface area contributed by atoms with Crippen LogP contribution in [-0.4, -0.2) is 32.1 Å². The number of ether oxygens (including phenoxy) is 1. The molecule has 0 aliphatic carbocycles. The van der Waals surface area contributed by atoms with Crippen LogP contribution in [0.2, 0.25) is 0 Å². The van der Waals surface area contributed by atoms with E-state index < -0.39 is 5.97 Å². The first-order valence-corrected chi connectivity index (χ1v) is 12.9. The second kappa shape index (κ2) is 13.5. The van der Waals surface area contributed by atoms with Gasteiger partial charge in [0.05, 0.1) is 17.9 Å². The second-order valence-corrected chi connectivity index (χ2v) is 9.16. The van der Waals surface area contributed by atoms with Gasteiger partial charge >= 0.3 is 5.97 Å². The molecule has 0 radical (unpaired) electrons. The number of hydrogen-bond donors (Lipinski definition) is 1. The van der Waals surface area contributed by atoms with Gasteiger partial charge < -0.3 is 15.0 Å². The van der Waals surface area contributed by atoms with Crippen molar-refractivity contribution in [3.8, 4) is 0 Å². The number of allylic oxidation sites excluding steroid dienone is 1. The van der Waals surface area contributed by atoms with Crippen LogP contribution in [0.5, 0.6) is 0 Å². The highest BCUT2D eigenvalue weighted by atomic mass is 16.5. The summed E-state index contributed by atoms with van der Waals surface area (Å²) in [6.07, 6.45) is 7.59. The number of rotatable bonds is 12. The van der Waals surface area contributed by atoms with Crippen LogP contribution < -0.4 is 10.2 Å². The van der Waals surface area contributed by atoms with E-state index >= 15 is 0 Å². The van der Waals surface area contributed by atoms with Crippen molar-refractivity contribution in [1.82, 2.24) is 0 Å². The topological polar surface area (TPSA) is 58.6 Å². The number of unbranched alkanes of at least 4 members (excludes halogenated alkanes) is 4. The molecule has 0 unspecified atom stereocenters. The largest absolute Gasteiger partial charge is 0.462 e. The fourth-order valence-electron chi connectivity index (χ4n) is 4.22. The van der Waals surface area contributed by atoms with Crippen molar-refractivity contribution in [2.75, 3.05) is 30.4 Å². The molecule has 0 heterocycles. The van der Waals surface area contributed by atoms with Gasteiger partial charge in [-0.25, -0.2) is 4.79 Å². The molecule has 0 spiro atoms. The Morgan fingerprint density at radius 1 is 0.917 bits per heavy atom. The van der Waals surface area contributed by atoms with E-state index in [-0.39, 0.29) is 12.5 Å². The smallest absolute Gasteiger partial charge is 0.340 e. The normalized spacial score (nSPS) is 11.4. The number of hydrogen-bond acceptors (Lipinski definition) is 4. The zero-order chi connectivity index (χ0) is 25.9. The Hall–Kier alpha value is -3.60. The fraction of sp³-hybridized carbons (Fsp3) is 0.355. The summed E-state index contributed by atoms with van der Waals surface area (Å²) < 4.78 is 5.28. The van der Waals surface area contributed by atoms with Crippen molar-refractivity contribution in [2.24, 2.45) is 0 Å². The molecule has 36 heavy (non-hydrogen) atoms. The molecule has 190 valence electrons. The van der Waals surface area contributed by atoms with Crippen LogP contribution >= 0.6 is 0 Å². The molecule has 0 atom stereocenters. The molecule has 0 fully saturated rings. The number of esters is 1. The quantitative estimate of drug-likeness (QED) is 0.164. The first-order valence-electron chi connectivity index (χ1n) is 12.9. The molecule has 0 aliphatic rings. The highest BCUT2D eigenvalue weighted by molar-refractivity contribution is 6.08. The van der Waals surface area contributed by atoms with Crippen LogP contribution in [0.3, 0.4) is 0 Å². The summed E-state index contributed by atoms with van der Waals surface area (Å²) in [7, 11) is 2.03. The predicted octanol–water partition coefficient (Wildman–Crippen LogP) is 7.47. The predicted molar refractivity (Wildman–Crippen MR) is 151 cm³/mol. The summed E-state index contributed by atoms with van der Waals surface area (Å²) in [4.78, 5) is 27.7. The molecular formula is C31H38N2O3. The Kier molecular flexibility index (Phi) is 10.1. The monoisotopic (exact) mass is 486 g/mol. The Morgan fingerprint density at radius 3 is 2.42 bits per heavy atom. The summed E-state index contributed by atoms with van der Waals surface area (Å²) in [6.45, 7) is 7.08. The van der Waals surface area contributed by atoms with Crippen molar-refractivity contribution in [2.45, 2.75) is 52.9 Å². The Labute approximate surface area is 215 Å². The maximum Gasteiger partial charge on any atom is 0.340 e. The third kappa shape index (κ3) is 7.45. The van der Waals surface area contributed by atoms with Gasteiger partial charge in [0.2, 0.25) is 5.91 Å². The van der Waals surface area contributed by atoms with Crippen molar-refractivity contribution in [3.05, 3.63) is 77.9 Å². The van der Waals surface area contributed by atoms with Gasteiger partial charge in [-0.1, -0.05) is 69.0 Å². The Bertz CT molecular complexity index is 1220. The van der Waals surface area contributed by atoms with E-state index in [1.54, 1.807) is 25.1 Å². The standard InChI is InChI=1S/C31H38N2O3/c1-5-7-8-9-12-19-33(4)27-17-18-29(28(22-27)31(35)36-6-2)32-30(34)20-23(3)25-16-15-24-13-10-11-14-26(24)21-25/h10-11,13-18,20-22H,5-9,12,19H2,1-4H3,(H,32,34). The Morgan fingerprint density at radius 2 is 1.67 bits per heavy atom. The number of nitrogens with one attached hydrogen (secondary N) is 1. The lowest BCUT2D eigenvalue weighted by molar-refractivity contribution is -0.111. The molecule has 5 heteroatoms.